The van der Waals surface area contributed by atoms with E-state index in [9.17, 15) is 0 Å². The molecule has 6 nitrogen and oxygen atoms in total. The van der Waals surface area contributed by atoms with Crippen molar-refractivity contribution in [2.24, 2.45) is 5.92 Å². The van der Waals surface area contributed by atoms with Crippen LogP contribution < -0.4 is 15.0 Å². The van der Waals surface area contributed by atoms with E-state index in [0.717, 1.165) is 13.0 Å². The molecule has 1 rings (SSSR count). The Morgan fingerprint density at radius 1 is 1.21 bits per heavy atom. The van der Waals surface area contributed by atoms with Gasteiger partial charge in [0, 0.05) is 19.6 Å². The molecule has 19 heavy (non-hydrogen) atoms. The molecule has 1 N–H and O–H groups in total. The van der Waals surface area contributed by atoms with Gasteiger partial charge >= 0.3 is 6.01 Å². The van der Waals surface area contributed by atoms with Crippen LogP contribution in [0.3, 0.4) is 0 Å². The lowest BCUT2D eigenvalue weighted by Crippen LogP contribution is -2.34. The van der Waals surface area contributed by atoms with Crippen molar-refractivity contribution in [3.8, 4) is 6.01 Å². The zero-order chi connectivity index (χ0) is 14.4. The topological polar surface area (TPSA) is 63.2 Å². The zero-order valence-electron chi connectivity index (χ0n) is 12.8. The summed E-state index contributed by atoms with van der Waals surface area (Å²) >= 11 is 0. The number of hydrogen-bond donors (Lipinski definition) is 1. The van der Waals surface area contributed by atoms with E-state index in [0.29, 0.717) is 29.9 Å². The lowest BCUT2D eigenvalue weighted by Gasteiger charge is -2.28. The lowest BCUT2D eigenvalue weighted by atomic mass is 10.1. The first-order chi connectivity index (χ1) is 8.99. The van der Waals surface area contributed by atoms with Crippen LogP contribution in [0.2, 0.25) is 0 Å². The number of hydrogen-bond acceptors (Lipinski definition) is 6. The Hall–Kier alpha value is -1.59. The van der Waals surface area contributed by atoms with Crippen LogP contribution in [0.15, 0.2) is 0 Å². The molecule has 1 atom stereocenters. The maximum absolute atomic E-state index is 5.14. The highest BCUT2D eigenvalue weighted by Crippen LogP contribution is 2.18. The van der Waals surface area contributed by atoms with Crippen LogP contribution in [0.4, 0.5) is 11.9 Å². The number of methoxy groups -OCH3 is 1. The molecule has 6 heteroatoms. The third-order valence-electron chi connectivity index (χ3n) is 3.21. The number of aromatic nitrogens is 3. The summed E-state index contributed by atoms with van der Waals surface area (Å²) < 4.78 is 5.14. The molecule has 0 aliphatic carbocycles. The first kappa shape index (κ1) is 15.5. The minimum Gasteiger partial charge on any atom is -0.467 e. The van der Waals surface area contributed by atoms with Gasteiger partial charge in [0.1, 0.15) is 0 Å². The monoisotopic (exact) mass is 267 g/mol. The number of nitrogens with zero attached hydrogens (tertiary/aromatic N) is 4. The fourth-order valence-electron chi connectivity index (χ4n) is 1.54. The van der Waals surface area contributed by atoms with Gasteiger partial charge in [-0.2, -0.15) is 15.0 Å². The summed E-state index contributed by atoms with van der Waals surface area (Å²) in [7, 11) is 3.55. The summed E-state index contributed by atoms with van der Waals surface area (Å²) in [5.41, 5.74) is 0. The van der Waals surface area contributed by atoms with Crippen molar-refractivity contribution < 1.29 is 4.74 Å². The van der Waals surface area contributed by atoms with E-state index in [1.165, 1.54) is 0 Å². The smallest absolute Gasteiger partial charge is 0.322 e. The van der Waals surface area contributed by atoms with Crippen molar-refractivity contribution in [2.75, 3.05) is 30.9 Å². The molecular formula is C13H25N5O. The average Bonchev–Trinajstić information content (AvgIpc) is 2.42. The fourth-order valence-corrected chi connectivity index (χ4v) is 1.54. The van der Waals surface area contributed by atoms with E-state index in [1.807, 2.05) is 11.9 Å². The average molecular weight is 267 g/mol. The third kappa shape index (κ3) is 4.22. The first-order valence-corrected chi connectivity index (χ1v) is 6.76. The molecule has 1 aromatic rings. The van der Waals surface area contributed by atoms with E-state index in [4.69, 9.17) is 4.74 Å². The molecule has 1 aromatic heterocycles. The van der Waals surface area contributed by atoms with Gasteiger partial charge in [-0.1, -0.05) is 20.8 Å². The maximum Gasteiger partial charge on any atom is 0.322 e. The standard InChI is InChI=1S/C13H25N5O/c1-7-8-14-11-15-12(17-13(16-11)19-6)18(5)10(4)9(2)3/h9-10H,7-8H2,1-6H3,(H,14,15,16,17). The highest BCUT2D eigenvalue weighted by molar-refractivity contribution is 5.38. The Kier molecular flexibility index (Phi) is 5.79. The number of ether oxygens (including phenoxy) is 1. The molecule has 108 valence electrons. The van der Waals surface area contributed by atoms with Crippen LogP contribution in [0.5, 0.6) is 6.01 Å². The first-order valence-electron chi connectivity index (χ1n) is 6.76. The van der Waals surface area contributed by atoms with E-state index in [2.05, 4.69) is 48.0 Å². The summed E-state index contributed by atoms with van der Waals surface area (Å²) in [6.45, 7) is 9.43. The Labute approximate surface area is 115 Å². The summed E-state index contributed by atoms with van der Waals surface area (Å²) in [6.07, 6.45) is 1.02. The van der Waals surface area contributed by atoms with E-state index in [-0.39, 0.29) is 0 Å². The van der Waals surface area contributed by atoms with Crippen molar-refractivity contribution in [3.05, 3.63) is 0 Å². The minimum atomic E-state index is 0.339. The van der Waals surface area contributed by atoms with Gasteiger partial charge in [-0.15, -0.1) is 0 Å². The van der Waals surface area contributed by atoms with Gasteiger partial charge < -0.3 is 15.0 Å². The molecule has 0 aromatic carbocycles. The Morgan fingerprint density at radius 2 is 1.89 bits per heavy atom. The molecule has 0 saturated carbocycles. The molecule has 0 aliphatic heterocycles. The summed E-state index contributed by atoms with van der Waals surface area (Å²) in [5, 5.41) is 3.16. The normalized spacial score (nSPS) is 12.4. The third-order valence-corrected chi connectivity index (χ3v) is 3.21. The van der Waals surface area contributed by atoms with Crippen molar-refractivity contribution in [3.63, 3.8) is 0 Å². The molecule has 0 saturated heterocycles. The lowest BCUT2D eigenvalue weighted by molar-refractivity contribution is 0.377. The number of anilines is 2. The highest BCUT2D eigenvalue weighted by Gasteiger charge is 2.18. The van der Waals surface area contributed by atoms with E-state index < -0.39 is 0 Å². The summed E-state index contributed by atoms with van der Waals surface area (Å²) in [4.78, 5) is 15.0. The predicted molar refractivity (Wildman–Crippen MR) is 77.9 cm³/mol. The van der Waals surface area contributed by atoms with Crippen molar-refractivity contribution >= 4 is 11.9 Å². The van der Waals surface area contributed by atoms with Crippen molar-refractivity contribution in [2.45, 2.75) is 40.2 Å². The SMILES string of the molecule is CCCNc1nc(OC)nc(N(C)C(C)C(C)C)n1. The van der Waals surface area contributed by atoms with Crippen molar-refractivity contribution in [1.82, 2.24) is 15.0 Å². The van der Waals surface area contributed by atoms with E-state index >= 15 is 0 Å². The van der Waals surface area contributed by atoms with Crippen LogP contribution in [0.1, 0.15) is 34.1 Å². The van der Waals surface area contributed by atoms with Crippen LogP contribution in [0, 0.1) is 5.92 Å². The molecular weight excluding hydrogens is 242 g/mol. The van der Waals surface area contributed by atoms with Crippen molar-refractivity contribution in [1.29, 1.82) is 0 Å². The Morgan fingerprint density at radius 3 is 2.42 bits per heavy atom. The van der Waals surface area contributed by atoms with Crippen LogP contribution in [-0.4, -0.2) is 41.7 Å². The number of nitrogens with one attached hydrogen (secondary N) is 1. The summed E-state index contributed by atoms with van der Waals surface area (Å²) in [5.74, 6) is 1.71. The molecule has 0 aliphatic rings. The van der Waals surface area contributed by atoms with Gasteiger partial charge in [-0.3, -0.25) is 0 Å². The van der Waals surface area contributed by atoms with Gasteiger partial charge in [-0.25, -0.2) is 0 Å². The van der Waals surface area contributed by atoms with Gasteiger partial charge in [0.05, 0.1) is 7.11 Å². The van der Waals surface area contributed by atoms with Gasteiger partial charge in [0.15, 0.2) is 0 Å². The molecule has 1 unspecified atom stereocenters. The molecule has 0 radical (unpaired) electrons. The molecule has 0 amide bonds. The fraction of sp³-hybridized carbons (Fsp3) is 0.769. The molecule has 1 heterocycles. The maximum atomic E-state index is 5.14. The molecule has 0 spiro atoms. The van der Waals surface area contributed by atoms with Crippen LogP contribution in [0.25, 0.3) is 0 Å². The Bertz CT molecular complexity index is 397. The Balaban J connectivity index is 2.98. The number of rotatable bonds is 7. The van der Waals surface area contributed by atoms with E-state index in [1.54, 1.807) is 7.11 Å². The van der Waals surface area contributed by atoms with Crippen LogP contribution in [-0.2, 0) is 0 Å². The quantitative estimate of drug-likeness (QED) is 0.817. The zero-order valence-corrected chi connectivity index (χ0v) is 12.8. The second-order valence-electron chi connectivity index (χ2n) is 4.97. The van der Waals surface area contributed by atoms with Gasteiger partial charge in [0.25, 0.3) is 0 Å². The van der Waals surface area contributed by atoms with Crippen LogP contribution >= 0.6 is 0 Å². The molecule has 0 fully saturated rings. The second kappa shape index (κ2) is 7.11. The largest absolute Gasteiger partial charge is 0.467 e. The van der Waals surface area contributed by atoms with Gasteiger partial charge in [-0.05, 0) is 19.3 Å². The summed E-state index contributed by atoms with van der Waals surface area (Å²) in [6, 6.07) is 0.678. The minimum absolute atomic E-state index is 0.339. The van der Waals surface area contributed by atoms with Gasteiger partial charge in [0.2, 0.25) is 11.9 Å². The highest BCUT2D eigenvalue weighted by atomic mass is 16.5. The predicted octanol–water partition coefficient (Wildman–Crippen LogP) is 2.18. The second-order valence-corrected chi connectivity index (χ2v) is 4.97. The molecule has 0 bridgehead atoms.